The second kappa shape index (κ2) is 9.85. The number of aliphatic hydroxyl groups excluding tert-OH is 1. The first kappa shape index (κ1) is 20.7. The molecule has 2 aliphatic rings. The molecule has 1 saturated heterocycles. The molecule has 23 heavy (non-hydrogen) atoms. The molecule has 0 amide bonds. The van der Waals surface area contributed by atoms with Gasteiger partial charge in [0, 0.05) is 12.6 Å². The first-order chi connectivity index (χ1) is 10.3. The molecule has 132 valence electrons. The van der Waals surface area contributed by atoms with E-state index in [0.29, 0.717) is 11.5 Å². The van der Waals surface area contributed by atoms with Crippen LogP contribution in [0.2, 0.25) is 0 Å². The van der Waals surface area contributed by atoms with Crippen LogP contribution in [0.25, 0.3) is 0 Å². The zero-order valence-electron chi connectivity index (χ0n) is 13.7. The number of hydrogen-bond acceptors (Lipinski definition) is 3. The number of halogens is 2. The molecule has 1 aliphatic heterocycles. The molecule has 2 fully saturated rings. The number of piperidine rings is 1. The van der Waals surface area contributed by atoms with Gasteiger partial charge in [-0.25, -0.2) is 0 Å². The Balaban J connectivity index is 0.00000132. The second-order valence-corrected chi connectivity index (χ2v) is 6.88. The highest BCUT2D eigenvalue weighted by molar-refractivity contribution is 5.85. The fourth-order valence-electron chi connectivity index (χ4n) is 3.99. The van der Waals surface area contributed by atoms with Crippen molar-refractivity contribution in [1.29, 1.82) is 0 Å². The summed E-state index contributed by atoms with van der Waals surface area (Å²) < 4.78 is 0. The summed E-state index contributed by atoms with van der Waals surface area (Å²) in [6, 6.07) is 8.93. The highest BCUT2D eigenvalue weighted by Gasteiger charge is 2.35. The van der Waals surface area contributed by atoms with E-state index < -0.39 is 0 Å². The highest BCUT2D eigenvalue weighted by atomic mass is 35.5. The van der Waals surface area contributed by atoms with Gasteiger partial charge in [0.2, 0.25) is 0 Å². The monoisotopic (exact) mass is 360 g/mol. The first-order valence-electron chi connectivity index (χ1n) is 8.42. The van der Waals surface area contributed by atoms with E-state index in [9.17, 15) is 5.11 Å². The SMILES string of the molecule is Cl.Cl.OCc1cccc(CNC2CCC3(CCNCC3)CC2)c1. The van der Waals surface area contributed by atoms with Crippen molar-refractivity contribution in [2.45, 2.75) is 57.7 Å². The molecule has 3 nitrogen and oxygen atoms in total. The molecule has 1 saturated carbocycles. The maximum Gasteiger partial charge on any atom is 0.0681 e. The van der Waals surface area contributed by atoms with E-state index in [1.165, 1.54) is 57.2 Å². The van der Waals surface area contributed by atoms with Crippen molar-refractivity contribution >= 4 is 24.8 Å². The molecule has 0 bridgehead atoms. The van der Waals surface area contributed by atoms with E-state index in [0.717, 1.165) is 12.1 Å². The van der Waals surface area contributed by atoms with Gasteiger partial charge in [-0.05, 0) is 68.2 Å². The molecule has 1 aliphatic carbocycles. The number of hydrogen-bond donors (Lipinski definition) is 3. The van der Waals surface area contributed by atoms with Gasteiger partial charge in [0.25, 0.3) is 0 Å². The van der Waals surface area contributed by atoms with Gasteiger partial charge in [0.1, 0.15) is 0 Å². The van der Waals surface area contributed by atoms with Crippen LogP contribution in [-0.4, -0.2) is 24.2 Å². The van der Waals surface area contributed by atoms with Gasteiger partial charge in [-0.15, -0.1) is 24.8 Å². The Hall–Kier alpha value is -0.320. The van der Waals surface area contributed by atoms with Crippen LogP contribution in [0.4, 0.5) is 0 Å². The molecule has 5 heteroatoms. The summed E-state index contributed by atoms with van der Waals surface area (Å²) >= 11 is 0. The van der Waals surface area contributed by atoms with Crippen molar-refractivity contribution in [2.24, 2.45) is 5.41 Å². The van der Waals surface area contributed by atoms with Crippen LogP contribution in [0.1, 0.15) is 49.7 Å². The maximum atomic E-state index is 9.19. The van der Waals surface area contributed by atoms with Crippen molar-refractivity contribution in [3.8, 4) is 0 Å². The van der Waals surface area contributed by atoms with Gasteiger partial charge in [0.05, 0.1) is 6.61 Å². The molecule has 1 spiro atoms. The van der Waals surface area contributed by atoms with Crippen molar-refractivity contribution in [3.63, 3.8) is 0 Å². The average Bonchev–Trinajstić information content (AvgIpc) is 2.55. The second-order valence-electron chi connectivity index (χ2n) is 6.88. The Morgan fingerprint density at radius 2 is 1.70 bits per heavy atom. The minimum atomic E-state index is 0. The third-order valence-corrected chi connectivity index (χ3v) is 5.48. The van der Waals surface area contributed by atoms with Crippen LogP contribution in [0, 0.1) is 5.41 Å². The summed E-state index contributed by atoms with van der Waals surface area (Å²) in [4.78, 5) is 0. The molecule has 3 N–H and O–H groups in total. The van der Waals surface area contributed by atoms with Crippen LogP contribution in [0.3, 0.4) is 0 Å². The van der Waals surface area contributed by atoms with E-state index >= 15 is 0 Å². The van der Waals surface area contributed by atoms with Crippen molar-refractivity contribution in [1.82, 2.24) is 10.6 Å². The summed E-state index contributed by atoms with van der Waals surface area (Å²) in [6.07, 6.45) is 8.17. The quantitative estimate of drug-likeness (QED) is 0.770. The molecule has 0 radical (unpaired) electrons. The molecule has 0 unspecified atom stereocenters. The van der Waals surface area contributed by atoms with E-state index in [-0.39, 0.29) is 31.4 Å². The Kier molecular flexibility index (Phi) is 8.88. The van der Waals surface area contributed by atoms with E-state index in [1.807, 2.05) is 12.1 Å². The largest absolute Gasteiger partial charge is 0.392 e. The van der Waals surface area contributed by atoms with Gasteiger partial charge in [-0.1, -0.05) is 24.3 Å². The molecule has 1 aromatic carbocycles. The zero-order chi connectivity index (χ0) is 14.5. The van der Waals surface area contributed by atoms with Crippen LogP contribution in [0.15, 0.2) is 24.3 Å². The molecule has 0 atom stereocenters. The van der Waals surface area contributed by atoms with Crippen molar-refractivity contribution in [2.75, 3.05) is 13.1 Å². The smallest absolute Gasteiger partial charge is 0.0681 e. The summed E-state index contributed by atoms with van der Waals surface area (Å²) in [5.41, 5.74) is 2.94. The third-order valence-electron chi connectivity index (χ3n) is 5.48. The average molecular weight is 361 g/mol. The lowest BCUT2D eigenvalue weighted by Gasteiger charge is -2.43. The summed E-state index contributed by atoms with van der Waals surface area (Å²) in [7, 11) is 0. The van der Waals surface area contributed by atoms with Gasteiger partial charge < -0.3 is 15.7 Å². The lowest BCUT2D eigenvalue weighted by atomic mass is 9.67. The molecule has 1 aromatic rings. The number of benzene rings is 1. The highest BCUT2D eigenvalue weighted by Crippen LogP contribution is 2.43. The van der Waals surface area contributed by atoms with Crippen molar-refractivity contribution < 1.29 is 5.11 Å². The first-order valence-corrected chi connectivity index (χ1v) is 8.42. The van der Waals surface area contributed by atoms with E-state index in [1.54, 1.807) is 0 Å². The fraction of sp³-hybridized carbons (Fsp3) is 0.667. The molecular weight excluding hydrogens is 331 g/mol. The van der Waals surface area contributed by atoms with Crippen LogP contribution >= 0.6 is 24.8 Å². The Morgan fingerprint density at radius 1 is 1.04 bits per heavy atom. The lowest BCUT2D eigenvalue weighted by Crippen LogP contribution is -2.42. The van der Waals surface area contributed by atoms with Crippen molar-refractivity contribution in [3.05, 3.63) is 35.4 Å². The Morgan fingerprint density at radius 3 is 2.35 bits per heavy atom. The van der Waals surface area contributed by atoms with Gasteiger partial charge in [0.15, 0.2) is 0 Å². The van der Waals surface area contributed by atoms with Gasteiger partial charge in [-0.2, -0.15) is 0 Å². The van der Waals surface area contributed by atoms with Gasteiger partial charge >= 0.3 is 0 Å². The summed E-state index contributed by atoms with van der Waals surface area (Å²) in [6.45, 7) is 3.49. The predicted molar refractivity (Wildman–Crippen MR) is 100 cm³/mol. The minimum Gasteiger partial charge on any atom is -0.392 e. The fourth-order valence-corrected chi connectivity index (χ4v) is 3.99. The summed E-state index contributed by atoms with van der Waals surface area (Å²) in [5.74, 6) is 0. The minimum absolute atomic E-state index is 0. The number of rotatable bonds is 4. The third kappa shape index (κ3) is 5.61. The molecule has 1 heterocycles. The summed E-state index contributed by atoms with van der Waals surface area (Å²) in [5, 5.41) is 16.4. The maximum absolute atomic E-state index is 9.19. The normalized spacial score (nSPS) is 20.6. The van der Waals surface area contributed by atoms with Crippen LogP contribution < -0.4 is 10.6 Å². The molecule has 0 aromatic heterocycles. The van der Waals surface area contributed by atoms with E-state index in [4.69, 9.17) is 0 Å². The molecular formula is C18H30Cl2N2O. The Bertz CT molecular complexity index is 454. The molecule has 3 rings (SSSR count). The van der Waals surface area contributed by atoms with Crippen LogP contribution in [0.5, 0.6) is 0 Å². The topological polar surface area (TPSA) is 44.3 Å². The number of aliphatic hydroxyl groups is 1. The Labute approximate surface area is 152 Å². The predicted octanol–water partition coefficient (Wildman–Crippen LogP) is 3.42. The lowest BCUT2D eigenvalue weighted by molar-refractivity contribution is 0.115. The van der Waals surface area contributed by atoms with Crippen LogP contribution in [-0.2, 0) is 13.2 Å². The van der Waals surface area contributed by atoms with Gasteiger partial charge in [-0.3, -0.25) is 0 Å². The zero-order valence-corrected chi connectivity index (χ0v) is 15.4. The standard InChI is InChI=1S/C18H28N2O.2ClH/c21-14-16-3-1-2-15(12-16)13-20-17-4-6-18(7-5-17)8-10-19-11-9-18;;/h1-3,12,17,19-21H,4-11,13-14H2;2*1H. The van der Waals surface area contributed by atoms with E-state index in [2.05, 4.69) is 22.8 Å². The number of nitrogens with one attached hydrogen (secondary N) is 2.